The van der Waals surface area contributed by atoms with Gasteiger partial charge in [-0.05, 0) is 31.7 Å². The molecule has 0 aliphatic carbocycles. The molecule has 0 heterocycles. The number of carbonyl (C=O) groups excluding carboxylic acids is 1. The lowest BCUT2D eigenvalue weighted by molar-refractivity contribution is -0.121. The lowest BCUT2D eigenvalue weighted by atomic mass is 9.96. The van der Waals surface area contributed by atoms with Gasteiger partial charge in [-0.3, -0.25) is 4.79 Å². The first kappa shape index (κ1) is 14.4. The molecule has 0 spiro atoms. The van der Waals surface area contributed by atoms with Gasteiger partial charge in [0.05, 0.1) is 0 Å². The standard InChI is InChI=1S/C11H24N2O2/c1-2-10(6-7-12)4-5-11(15)13-8-3-9-14/h10,14H,2-9,12H2,1H3,(H,13,15). The first-order chi connectivity index (χ1) is 7.24. The van der Waals surface area contributed by atoms with E-state index in [2.05, 4.69) is 12.2 Å². The topological polar surface area (TPSA) is 75.4 Å². The van der Waals surface area contributed by atoms with Crippen LogP contribution in [0.3, 0.4) is 0 Å². The summed E-state index contributed by atoms with van der Waals surface area (Å²) in [5, 5.41) is 11.3. The molecule has 0 radical (unpaired) electrons. The number of nitrogens with two attached hydrogens (primary N) is 1. The minimum absolute atomic E-state index is 0.0823. The molecule has 4 nitrogen and oxygen atoms in total. The molecule has 15 heavy (non-hydrogen) atoms. The van der Waals surface area contributed by atoms with E-state index in [4.69, 9.17) is 10.8 Å². The maximum absolute atomic E-state index is 11.3. The molecule has 0 aromatic heterocycles. The minimum Gasteiger partial charge on any atom is -0.396 e. The third kappa shape index (κ3) is 8.39. The number of rotatable bonds is 9. The normalized spacial score (nSPS) is 12.5. The van der Waals surface area contributed by atoms with Gasteiger partial charge < -0.3 is 16.2 Å². The van der Waals surface area contributed by atoms with Crippen molar-refractivity contribution in [3.8, 4) is 0 Å². The van der Waals surface area contributed by atoms with E-state index in [1.165, 1.54) is 0 Å². The minimum atomic E-state index is 0.0823. The number of aliphatic hydroxyl groups is 1. The Hall–Kier alpha value is -0.610. The fraction of sp³-hybridized carbons (Fsp3) is 0.909. The van der Waals surface area contributed by atoms with E-state index in [0.717, 1.165) is 19.3 Å². The second-order valence-electron chi connectivity index (χ2n) is 3.82. The summed E-state index contributed by atoms with van der Waals surface area (Å²) in [7, 11) is 0. The summed E-state index contributed by atoms with van der Waals surface area (Å²) < 4.78 is 0. The van der Waals surface area contributed by atoms with Crippen LogP contribution < -0.4 is 11.1 Å². The van der Waals surface area contributed by atoms with E-state index in [9.17, 15) is 4.79 Å². The van der Waals surface area contributed by atoms with Crippen LogP contribution in [0.4, 0.5) is 0 Å². The number of carbonyl (C=O) groups is 1. The van der Waals surface area contributed by atoms with Crippen LogP contribution in [0.25, 0.3) is 0 Å². The van der Waals surface area contributed by atoms with Crippen molar-refractivity contribution in [3.63, 3.8) is 0 Å². The number of amides is 1. The molecule has 0 aliphatic rings. The molecule has 1 unspecified atom stereocenters. The molecule has 4 N–H and O–H groups in total. The predicted molar refractivity (Wildman–Crippen MR) is 61.4 cm³/mol. The van der Waals surface area contributed by atoms with Gasteiger partial charge in [-0.15, -0.1) is 0 Å². The van der Waals surface area contributed by atoms with E-state index >= 15 is 0 Å². The van der Waals surface area contributed by atoms with E-state index < -0.39 is 0 Å². The molecule has 4 heteroatoms. The van der Waals surface area contributed by atoms with Crippen molar-refractivity contribution in [1.29, 1.82) is 0 Å². The van der Waals surface area contributed by atoms with Crippen molar-refractivity contribution in [2.45, 2.75) is 39.0 Å². The summed E-state index contributed by atoms with van der Waals surface area (Å²) in [6, 6.07) is 0. The molecular weight excluding hydrogens is 192 g/mol. The monoisotopic (exact) mass is 216 g/mol. The first-order valence-corrected chi connectivity index (χ1v) is 5.82. The zero-order chi connectivity index (χ0) is 11.5. The lowest BCUT2D eigenvalue weighted by Crippen LogP contribution is -2.25. The molecule has 90 valence electrons. The van der Waals surface area contributed by atoms with Crippen LogP contribution >= 0.6 is 0 Å². The molecule has 1 amide bonds. The highest BCUT2D eigenvalue weighted by atomic mass is 16.3. The number of aliphatic hydroxyl groups excluding tert-OH is 1. The highest BCUT2D eigenvalue weighted by Gasteiger charge is 2.08. The van der Waals surface area contributed by atoms with E-state index in [-0.39, 0.29) is 12.5 Å². The average Bonchev–Trinajstić information content (AvgIpc) is 2.24. The third-order valence-corrected chi connectivity index (χ3v) is 2.59. The van der Waals surface area contributed by atoms with Crippen molar-refractivity contribution in [2.75, 3.05) is 19.7 Å². The highest BCUT2D eigenvalue weighted by Crippen LogP contribution is 2.14. The third-order valence-electron chi connectivity index (χ3n) is 2.59. The van der Waals surface area contributed by atoms with Gasteiger partial charge in [-0.2, -0.15) is 0 Å². The number of hydrogen-bond acceptors (Lipinski definition) is 3. The quantitative estimate of drug-likeness (QED) is 0.495. The molecule has 0 fully saturated rings. The Bertz CT molecular complexity index is 163. The van der Waals surface area contributed by atoms with Gasteiger partial charge >= 0.3 is 0 Å². The Morgan fingerprint density at radius 3 is 2.73 bits per heavy atom. The zero-order valence-electron chi connectivity index (χ0n) is 9.67. The Kier molecular flexibility index (Phi) is 9.52. The predicted octanol–water partition coefficient (Wildman–Crippen LogP) is 0.640. The number of hydrogen-bond donors (Lipinski definition) is 3. The highest BCUT2D eigenvalue weighted by molar-refractivity contribution is 5.75. The fourth-order valence-corrected chi connectivity index (χ4v) is 1.52. The summed E-state index contributed by atoms with van der Waals surface area (Å²) in [5.74, 6) is 0.650. The number of nitrogens with one attached hydrogen (secondary N) is 1. The van der Waals surface area contributed by atoms with Crippen LogP contribution in [0.1, 0.15) is 39.0 Å². The molecule has 0 saturated heterocycles. The van der Waals surface area contributed by atoms with E-state index in [1.54, 1.807) is 0 Å². The van der Waals surface area contributed by atoms with Crippen LogP contribution in [0, 0.1) is 5.92 Å². The molecule has 0 saturated carbocycles. The Labute approximate surface area is 92.2 Å². The lowest BCUT2D eigenvalue weighted by Gasteiger charge is -2.12. The van der Waals surface area contributed by atoms with Crippen LogP contribution in [0.2, 0.25) is 0 Å². The fourth-order valence-electron chi connectivity index (χ4n) is 1.52. The summed E-state index contributed by atoms with van der Waals surface area (Å²) in [6.07, 6.45) is 4.20. The van der Waals surface area contributed by atoms with Gasteiger partial charge in [0.15, 0.2) is 0 Å². The molecule has 0 bridgehead atoms. The van der Waals surface area contributed by atoms with E-state index in [0.29, 0.717) is 31.8 Å². The molecule has 0 aromatic rings. The maximum Gasteiger partial charge on any atom is 0.220 e. The molecule has 1 atom stereocenters. The van der Waals surface area contributed by atoms with Gasteiger partial charge in [0.25, 0.3) is 0 Å². The van der Waals surface area contributed by atoms with Gasteiger partial charge in [0.2, 0.25) is 5.91 Å². The van der Waals surface area contributed by atoms with Crippen LogP contribution in [0.15, 0.2) is 0 Å². The summed E-state index contributed by atoms with van der Waals surface area (Å²) >= 11 is 0. The van der Waals surface area contributed by atoms with Crippen LogP contribution in [-0.2, 0) is 4.79 Å². The molecular formula is C11H24N2O2. The second kappa shape index (κ2) is 9.93. The van der Waals surface area contributed by atoms with Crippen molar-refractivity contribution >= 4 is 5.91 Å². The van der Waals surface area contributed by atoms with Crippen molar-refractivity contribution in [1.82, 2.24) is 5.32 Å². The molecule has 0 rings (SSSR count). The zero-order valence-corrected chi connectivity index (χ0v) is 9.67. The van der Waals surface area contributed by atoms with Crippen molar-refractivity contribution in [2.24, 2.45) is 11.7 Å². The maximum atomic E-state index is 11.3. The second-order valence-corrected chi connectivity index (χ2v) is 3.82. The molecule has 0 aromatic carbocycles. The van der Waals surface area contributed by atoms with Gasteiger partial charge in [-0.25, -0.2) is 0 Å². The SMILES string of the molecule is CCC(CCN)CCC(=O)NCCCO. The Balaban J connectivity index is 3.50. The summed E-state index contributed by atoms with van der Waals surface area (Å²) in [6.45, 7) is 3.53. The average molecular weight is 216 g/mol. The summed E-state index contributed by atoms with van der Waals surface area (Å²) in [4.78, 5) is 11.3. The first-order valence-electron chi connectivity index (χ1n) is 5.82. The molecule has 0 aliphatic heterocycles. The van der Waals surface area contributed by atoms with Crippen molar-refractivity contribution < 1.29 is 9.90 Å². The van der Waals surface area contributed by atoms with Gasteiger partial charge in [-0.1, -0.05) is 13.3 Å². The Morgan fingerprint density at radius 2 is 2.20 bits per heavy atom. The smallest absolute Gasteiger partial charge is 0.220 e. The largest absolute Gasteiger partial charge is 0.396 e. The van der Waals surface area contributed by atoms with E-state index in [1.807, 2.05) is 0 Å². The van der Waals surface area contributed by atoms with Crippen LogP contribution in [0.5, 0.6) is 0 Å². The Morgan fingerprint density at radius 1 is 1.47 bits per heavy atom. The van der Waals surface area contributed by atoms with Crippen molar-refractivity contribution in [3.05, 3.63) is 0 Å². The van der Waals surface area contributed by atoms with Gasteiger partial charge in [0.1, 0.15) is 0 Å². The van der Waals surface area contributed by atoms with Gasteiger partial charge in [0, 0.05) is 19.6 Å². The van der Waals surface area contributed by atoms with Crippen LogP contribution in [-0.4, -0.2) is 30.7 Å². The summed E-state index contributed by atoms with van der Waals surface area (Å²) in [5.41, 5.74) is 5.48.